The van der Waals surface area contributed by atoms with Crippen molar-refractivity contribution in [2.24, 2.45) is 5.41 Å². The van der Waals surface area contributed by atoms with E-state index in [-0.39, 0.29) is 22.9 Å². The van der Waals surface area contributed by atoms with Crippen molar-refractivity contribution in [1.29, 1.82) is 0 Å². The molecule has 3 rings (SSSR count). The number of likely N-dealkylation sites (tertiary alicyclic amines) is 2. The molecule has 2 heterocycles. The Balaban J connectivity index is 1.54. The van der Waals surface area contributed by atoms with Gasteiger partial charge in [0.15, 0.2) is 0 Å². The number of carbonyl (C=O) groups excluding carboxylic acids is 2. The predicted octanol–water partition coefficient (Wildman–Crippen LogP) is 3.44. The lowest BCUT2D eigenvalue weighted by molar-refractivity contribution is -0.138. The SMILES string of the molecule is CC(C)(C)NC(=O)N1CCC2(CCC(=O)N(CCc3ccccc3)C2)CC1. The molecule has 2 aliphatic heterocycles. The van der Waals surface area contributed by atoms with Crippen molar-refractivity contribution in [1.82, 2.24) is 15.1 Å². The van der Waals surface area contributed by atoms with E-state index in [1.54, 1.807) is 0 Å². The van der Waals surface area contributed by atoms with E-state index in [1.165, 1.54) is 5.56 Å². The van der Waals surface area contributed by atoms with Gasteiger partial charge in [-0.05, 0) is 57.4 Å². The second-order valence-corrected chi connectivity index (χ2v) is 9.22. The van der Waals surface area contributed by atoms with Gasteiger partial charge in [0, 0.05) is 38.1 Å². The lowest BCUT2D eigenvalue weighted by atomic mass is 9.72. The van der Waals surface area contributed by atoms with Crippen LogP contribution < -0.4 is 5.32 Å². The van der Waals surface area contributed by atoms with Gasteiger partial charge in [-0.15, -0.1) is 0 Å². The highest BCUT2D eigenvalue weighted by Gasteiger charge is 2.41. The summed E-state index contributed by atoms with van der Waals surface area (Å²) < 4.78 is 0. The fourth-order valence-electron chi connectivity index (χ4n) is 4.21. The highest BCUT2D eigenvalue weighted by molar-refractivity contribution is 5.77. The summed E-state index contributed by atoms with van der Waals surface area (Å²) >= 11 is 0. The first-order valence-electron chi connectivity index (χ1n) is 10.2. The van der Waals surface area contributed by atoms with Gasteiger partial charge in [0.25, 0.3) is 0 Å². The molecule has 1 N–H and O–H groups in total. The van der Waals surface area contributed by atoms with E-state index >= 15 is 0 Å². The maximum absolute atomic E-state index is 12.4. The predicted molar refractivity (Wildman–Crippen MR) is 107 cm³/mol. The van der Waals surface area contributed by atoms with Crippen LogP contribution in [-0.2, 0) is 11.2 Å². The normalized spacial score (nSPS) is 20.0. The van der Waals surface area contributed by atoms with Crippen molar-refractivity contribution in [3.8, 4) is 0 Å². The lowest BCUT2D eigenvalue weighted by Gasteiger charge is -2.47. The first-order valence-corrected chi connectivity index (χ1v) is 10.2. The van der Waals surface area contributed by atoms with Crippen LogP contribution in [-0.4, -0.2) is 53.5 Å². The molecule has 1 spiro atoms. The summed E-state index contributed by atoms with van der Waals surface area (Å²) in [4.78, 5) is 28.8. The molecule has 27 heavy (non-hydrogen) atoms. The molecule has 5 nitrogen and oxygen atoms in total. The van der Waals surface area contributed by atoms with Gasteiger partial charge in [-0.2, -0.15) is 0 Å². The number of urea groups is 1. The first-order chi connectivity index (χ1) is 12.8. The minimum absolute atomic E-state index is 0.0326. The van der Waals surface area contributed by atoms with Crippen LogP contribution in [0.1, 0.15) is 52.0 Å². The van der Waals surface area contributed by atoms with Crippen molar-refractivity contribution in [2.45, 2.75) is 58.4 Å². The summed E-state index contributed by atoms with van der Waals surface area (Å²) in [5.41, 5.74) is 1.25. The highest BCUT2D eigenvalue weighted by Crippen LogP contribution is 2.40. The van der Waals surface area contributed by atoms with Crippen LogP contribution in [0, 0.1) is 5.41 Å². The minimum atomic E-state index is -0.211. The third-order valence-corrected chi connectivity index (χ3v) is 5.85. The molecule has 3 amide bonds. The molecule has 0 radical (unpaired) electrons. The average molecular weight is 372 g/mol. The molecule has 0 atom stereocenters. The van der Waals surface area contributed by atoms with Crippen molar-refractivity contribution < 1.29 is 9.59 Å². The molecule has 0 aromatic heterocycles. The second-order valence-electron chi connectivity index (χ2n) is 9.22. The Labute approximate surface area is 163 Å². The van der Waals surface area contributed by atoms with E-state index < -0.39 is 0 Å². The molecular weight excluding hydrogens is 338 g/mol. The molecule has 1 aromatic rings. The Bertz CT molecular complexity index is 658. The van der Waals surface area contributed by atoms with E-state index in [0.717, 1.165) is 51.9 Å². The smallest absolute Gasteiger partial charge is 0.317 e. The van der Waals surface area contributed by atoms with Gasteiger partial charge in [-0.25, -0.2) is 4.79 Å². The van der Waals surface area contributed by atoms with Gasteiger partial charge >= 0.3 is 6.03 Å². The molecule has 2 aliphatic rings. The molecule has 5 heteroatoms. The summed E-state index contributed by atoms with van der Waals surface area (Å²) in [6.45, 7) is 9.21. The summed E-state index contributed by atoms with van der Waals surface area (Å²) in [6.07, 6.45) is 4.48. The monoisotopic (exact) mass is 371 g/mol. The van der Waals surface area contributed by atoms with Crippen LogP contribution in [0.4, 0.5) is 4.79 Å². The zero-order valence-electron chi connectivity index (χ0n) is 17.0. The van der Waals surface area contributed by atoms with E-state index in [1.807, 2.05) is 43.9 Å². The second kappa shape index (κ2) is 7.91. The fraction of sp³-hybridized carbons (Fsp3) is 0.636. The molecule has 148 valence electrons. The minimum Gasteiger partial charge on any atom is -0.342 e. The zero-order valence-corrected chi connectivity index (χ0v) is 17.0. The van der Waals surface area contributed by atoms with Crippen molar-refractivity contribution >= 4 is 11.9 Å². The van der Waals surface area contributed by atoms with Gasteiger partial charge < -0.3 is 15.1 Å². The Hall–Kier alpha value is -2.04. The third-order valence-electron chi connectivity index (χ3n) is 5.85. The largest absolute Gasteiger partial charge is 0.342 e. The van der Waals surface area contributed by atoms with Crippen molar-refractivity contribution in [3.05, 3.63) is 35.9 Å². The zero-order chi connectivity index (χ0) is 19.5. The number of hydrogen-bond donors (Lipinski definition) is 1. The van der Waals surface area contributed by atoms with Crippen LogP contribution in [0.3, 0.4) is 0 Å². The number of nitrogens with zero attached hydrogens (tertiary/aromatic N) is 2. The molecule has 1 aromatic carbocycles. The number of nitrogens with one attached hydrogen (secondary N) is 1. The quantitative estimate of drug-likeness (QED) is 0.885. The molecule has 0 aliphatic carbocycles. The van der Waals surface area contributed by atoms with Crippen LogP contribution in [0.25, 0.3) is 0 Å². The lowest BCUT2D eigenvalue weighted by Crippen LogP contribution is -2.55. The van der Waals surface area contributed by atoms with Gasteiger partial charge in [-0.3, -0.25) is 4.79 Å². The van der Waals surface area contributed by atoms with Gasteiger partial charge in [0.05, 0.1) is 0 Å². The topological polar surface area (TPSA) is 52.7 Å². The maximum Gasteiger partial charge on any atom is 0.317 e. The third kappa shape index (κ3) is 5.24. The molecular formula is C22H33N3O2. The molecule has 2 saturated heterocycles. The van der Waals surface area contributed by atoms with Crippen molar-refractivity contribution in [3.63, 3.8) is 0 Å². The first kappa shape index (κ1) is 19.7. The Kier molecular flexibility index (Phi) is 5.78. The summed E-state index contributed by atoms with van der Waals surface area (Å²) in [7, 11) is 0. The fourth-order valence-corrected chi connectivity index (χ4v) is 4.21. The summed E-state index contributed by atoms with van der Waals surface area (Å²) in [5, 5.41) is 3.06. The van der Waals surface area contributed by atoms with E-state index in [0.29, 0.717) is 6.42 Å². The number of benzene rings is 1. The van der Waals surface area contributed by atoms with Crippen LogP contribution in [0.15, 0.2) is 30.3 Å². The van der Waals surface area contributed by atoms with Gasteiger partial charge in [0.1, 0.15) is 0 Å². The number of hydrogen-bond acceptors (Lipinski definition) is 2. The number of amides is 3. The van der Waals surface area contributed by atoms with E-state index in [9.17, 15) is 9.59 Å². The average Bonchev–Trinajstić information content (AvgIpc) is 2.63. The Morgan fingerprint density at radius 3 is 2.41 bits per heavy atom. The van der Waals surface area contributed by atoms with Gasteiger partial charge in [-0.1, -0.05) is 30.3 Å². The summed E-state index contributed by atoms with van der Waals surface area (Å²) in [6, 6.07) is 10.4. The summed E-state index contributed by atoms with van der Waals surface area (Å²) in [5.74, 6) is 0.282. The number of piperidine rings is 2. The molecule has 0 bridgehead atoms. The Morgan fingerprint density at radius 1 is 1.11 bits per heavy atom. The maximum atomic E-state index is 12.4. The molecule has 0 saturated carbocycles. The molecule has 0 unspecified atom stereocenters. The highest BCUT2D eigenvalue weighted by atomic mass is 16.2. The van der Waals surface area contributed by atoms with Crippen LogP contribution >= 0.6 is 0 Å². The standard InChI is InChI=1S/C22H33N3O2/c1-21(2,3)23-20(27)24-15-12-22(13-16-24)11-9-19(26)25(17-22)14-10-18-7-5-4-6-8-18/h4-8H,9-17H2,1-3H3,(H,23,27). The van der Waals surface area contributed by atoms with Gasteiger partial charge in [0.2, 0.25) is 5.91 Å². The van der Waals surface area contributed by atoms with Crippen molar-refractivity contribution in [2.75, 3.05) is 26.2 Å². The van der Waals surface area contributed by atoms with Crippen LogP contribution in [0.5, 0.6) is 0 Å². The van der Waals surface area contributed by atoms with Crippen LogP contribution in [0.2, 0.25) is 0 Å². The van der Waals surface area contributed by atoms with E-state index in [2.05, 4.69) is 22.3 Å². The number of carbonyl (C=O) groups is 2. The molecule has 2 fully saturated rings. The van der Waals surface area contributed by atoms with E-state index in [4.69, 9.17) is 0 Å². The Morgan fingerprint density at radius 2 is 1.78 bits per heavy atom. The number of rotatable bonds is 3.